The van der Waals surface area contributed by atoms with E-state index in [-0.39, 0.29) is 38.0 Å². The maximum absolute atomic E-state index is 12.4. The van der Waals surface area contributed by atoms with Crippen LogP contribution in [0, 0.1) is 0 Å². The van der Waals surface area contributed by atoms with Gasteiger partial charge in [0.2, 0.25) is 5.91 Å². The Kier molecular flexibility index (Phi) is 6.99. The van der Waals surface area contributed by atoms with E-state index in [1.54, 1.807) is 18.2 Å². The van der Waals surface area contributed by atoms with Crippen LogP contribution in [0.15, 0.2) is 30.1 Å². The molecule has 0 aromatic heterocycles. The van der Waals surface area contributed by atoms with Gasteiger partial charge in [0.15, 0.2) is 0 Å². The maximum atomic E-state index is 12.4. The summed E-state index contributed by atoms with van der Waals surface area (Å²) in [6, 6.07) is 5.03. The second-order valence-electron chi connectivity index (χ2n) is 5.02. The van der Waals surface area contributed by atoms with Gasteiger partial charge in [0.1, 0.15) is 12.4 Å². The first-order chi connectivity index (χ1) is 10.5. The van der Waals surface area contributed by atoms with E-state index >= 15 is 0 Å². The van der Waals surface area contributed by atoms with Gasteiger partial charge in [-0.1, -0.05) is 0 Å². The molecule has 1 aromatic carbocycles. The molecule has 8 heteroatoms. The van der Waals surface area contributed by atoms with Crippen LogP contribution in [0.1, 0.15) is 15.9 Å². The van der Waals surface area contributed by atoms with E-state index in [1.165, 1.54) is 4.90 Å². The van der Waals surface area contributed by atoms with Gasteiger partial charge in [-0.15, -0.1) is 12.4 Å². The van der Waals surface area contributed by atoms with Gasteiger partial charge in [0.25, 0.3) is 5.91 Å². The van der Waals surface area contributed by atoms with Gasteiger partial charge in [0.05, 0.1) is 12.9 Å². The Bertz CT molecular complexity index is 622. The molecule has 2 rings (SSSR count). The molecule has 2 amide bonds. The molecule has 0 bridgehead atoms. The number of hydrogen-bond acceptors (Lipinski definition) is 4. The molecule has 1 aliphatic heterocycles. The molecule has 0 aliphatic carbocycles. The SMILES string of the molecule is Cl.NC/C(=C/F)COc1ccc2c(c1)CCN(CC(N)=O)C2=O. The molecule has 4 N–H and O–H groups in total. The minimum Gasteiger partial charge on any atom is -0.489 e. The van der Waals surface area contributed by atoms with Crippen molar-refractivity contribution >= 4 is 24.2 Å². The van der Waals surface area contributed by atoms with Crippen molar-refractivity contribution in [3.8, 4) is 5.75 Å². The van der Waals surface area contributed by atoms with Gasteiger partial charge in [-0.25, -0.2) is 4.39 Å². The molecule has 0 unspecified atom stereocenters. The van der Waals surface area contributed by atoms with Crippen molar-refractivity contribution in [2.24, 2.45) is 11.5 Å². The fraction of sp³-hybridized carbons (Fsp3) is 0.333. The van der Waals surface area contributed by atoms with Gasteiger partial charge >= 0.3 is 0 Å². The number of benzene rings is 1. The minimum atomic E-state index is -0.538. The molecule has 0 fully saturated rings. The van der Waals surface area contributed by atoms with Gasteiger partial charge in [-0.3, -0.25) is 9.59 Å². The molecule has 1 aliphatic rings. The predicted molar refractivity (Wildman–Crippen MR) is 86.2 cm³/mol. The third-order valence-electron chi connectivity index (χ3n) is 3.43. The molecular weight excluding hydrogens is 325 g/mol. The van der Waals surface area contributed by atoms with Crippen LogP contribution in [-0.2, 0) is 11.2 Å². The highest BCUT2D eigenvalue weighted by Crippen LogP contribution is 2.24. The summed E-state index contributed by atoms with van der Waals surface area (Å²) in [5, 5.41) is 0. The highest BCUT2D eigenvalue weighted by atomic mass is 35.5. The van der Waals surface area contributed by atoms with E-state index in [0.717, 1.165) is 5.56 Å². The van der Waals surface area contributed by atoms with Crippen LogP contribution < -0.4 is 16.2 Å². The van der Waals surface area contributed by atoms with Crippen molar-refractivity contribution in [2.45, 2.75) is 6.42 Å². The van der Waals surface area contributed by atoms with Gasteiger partial charge in [-0.2, -0.15) is 0 Å². The normalized spacial score (nSPS) is 14.1. The molecule has 1 aromatic rings. The lowest BCUT2D eigenvalue weighted by atomic mass is 9.98. The number of ether oxygens (including phenoxy) is 1. The number of hydrogen-bond donors (Lipinski definition) is 2. The first kappa shape index (κ1) is 18.9. The van der Waals surface area contributed by atoms with Crippen molar-refractivity contribution in [3.63, 3.8) is 0 Å². The predicted octanol–water partition coefficient (Wildman–Crippen LogP) is 0.783. The fourth-order valence-corrected chi connectivity index (χ4v) is 2.25. The number of fused-ring (bicyclic) bond motifs is 1. The quantitative estimate of drug-likeness (QED) is 0.797. The van der Waals surface area contributed by atoms with E-state index in [1.807, 2.05) is 0 Å². The average molecular weight is 344 g/mol. The summed E-state index contributed by atoms with van der Waals surface area (Å²) in [5.41, 5.74) is 12.2. The molecule has 0 atom stereocenters. The van der Waals surface area contributed by atoms with E-state index in [4.69, 9.17) is 16.2 Å². The van der Waals surface area contributed by atoms with E-state index in [9.17, 15) is 14.0 Å². The lowest BCUT2D eigenvalue weighted by Gasteiger charge is -2.27. The molecular formula is C15H19ClFN3O3. The summed E-state index contributed by atoms with van der Waals surface area (Å²) in [6.07, 6.45) is 1.04. The largest absolute Gasteiger partial charge is 0.489 e. The molecule has 0 radical (unpaired) electrons. The Labute approximate surface area is 139 Å². The smallest absolute Gasteiger partial charge is 0.254 e. The average Bonchev–Trinajstić information content (AvgIpc) is 2.51. The standard InChI is InChI=1S/C15H18FN3O3.ClH/c16-6-10(7-17)9-22-12-1-2-13-11(5-12)3-4-19(15(13)21)8-14(18)20;/h1-2,5-6H,3-4,7-9,17H2,(H2,18,20);1H/b10-6-;. The fourth-order valence-electron chi connectivity index (χ4n) is 2.25. The summed E-state index contributed by atoms with van der Waals surface area (Å²) in [5.74, 6) is -0.218. The number of primary amides is 1. The molecule has 126 valence electrons. The van der Waals surface area contributed by atoms with Crippen LogP contribution in [-0.4, -0.2) is 43.0 Å². The van der Waals surface area contributed by atoms with Crippen molar-refractivity contribution in [3.05, 3.63) is 41.2 Å². The van der Waals surface area contributed by atoms with Crippen molar-refractivity contribution < 1.29 is 18.7 Å². The second-order valence-corrected chi connectivity index (χ2v) is 5.02. The lowest BCUT2D eigenvalue weighted by Crippen LogP contribution is -2.42. The summed E-state index contributed by atoms with van der Waals surface area (Å²) < 4.78 is 17.9. The van der Waals surface area contributed by atoms with E-state index in [2.05, 4.69) is 0 Å². The Morgan fingerprint density at radius 1 is 1.43 bits per heavy atom. The number of carbonyl (C=O) groups excluding carboxylic acids is 2. The van der Waals surface area contributed by atoms with Crippen LogP contribution in [0.4, 0.5) is 4.39 Å². The Morgan fingerprint density at radius 2 is 2.17 bits per heavy atom. The van der Waals surface area contributed by atoms with Gasteiger partial charge < -0.3 is 21.1 Å². The number of nitrogens with zero attached hydrogens (tertiary/aromatic N) is 1. The topological polar surface area (TPSA) is 98.7 Å². The van der Waals surface area contributed by atoms with Gasteiger partial charge in [-0.05, 0) is 30.2 Å². The molecule has 6 nitrogen and oxygen atoms in total. The zero-order chi connectivity index (χ0) is 16.1. The summed E-state index contributed by atoms with van der Waals surface area (Å²) in [4.78, 5) is 24.6. The first-order valence-corrected chi connectivity index (χ1v) is 6.86. The first-order valence-electron chi connectivity index (χ1n) is 6.86. The Morgan fingerprint density at radius 3 is 2.78 bits per heavy atom. The van der Waals surface area contributed by atoms with Crippen LogP contribution >= 0.6 is 12.4 Å². The van der Waals surface area contributed by atoms with E-state index in [0.29, 0.717) is 36.2 Å². The molecule has 0 saturated heterocycles. The molecule has 1 heterocycles. The highest BCUT2D eigenvalue weighted by Gasteiger charge is 2.25. The monoisotopic (exact) mass is 343 g/mol. The van der Waals surface area contributed by atoms with E-state index < -0.39 is 5.91 Å². The Balaban J connectivity index is 0.00000264. The highest BCUT2D eigenvalue weighted by molar-refractivity contribution is 5.98. The minimum absolute atomic E-state index is 0. The van der Waals surface area contributed by atoms with Crippen LogP contribution in [0.2, 0.25) is 0 Å². The number of nitrogens with two attached hydrogens (primary N) is 2. The lowest BCUT2D eigenvalue weighted by molar-refractivity contribution is -0.118. The van der Waals surface area contributed by atoms with Gasteiger partial charge in [0, 0.05) is 24.2 Å². The van der Waals surface area contributed by atoms with Crippen molar-refractivity contribution in [2.75, 3.05) is 26.2 Å². The number of halogens is 2. The second kappa shape index (κ2) is 8.50. The van der Waals surface area contributed by atoms with Crippen LogP contribution in [0.5, 0.6) is 5.75 Å². The third kappa shape index (κ3) is 4.67. The molecule has 0 spiro atoms. The van der Waals surface area contributed by atoms with Crippen LogP contribution in [0.25, 0.3) is 0 Å². The number of carbonyl (C=O) groups is 2. The zero-order valence-corrected chi connectivity index (χ0v) is 13.3. The number of rotatable bonds is 6. The van der Waals surface area contributed by atoms with Crippen molar-refractivity contribution in [1.29, 1.82) is 0 Å². The maximum Gasteiger partial charge on any atom is 0.254 e. The summed E-state index contributed by atoms with van der Waals surface area (Å²) in [6.45, 7) is 0.490. The summed E-state index contributed by atoms with van der Waals surface area (Å²) in [7, 11) is 0. The van der Waals surface area contributed by atoms with Crippen molar-refractivity contribution in [1.82, 2.24) is 4.90 Å². The van der Waals surface area contributed by atoms with Crippen LogP contribution in [0.3, 0.4) is 0 Å². The molecule has 23 heavy (non-hydrogen) atoms. The molecule has 0 saturated carbocycles. The summed E-state index contributed by atoms with van der Waals surface area (Å²) >= 11 is 0. The zero-order valence-electron chi connectivity index (χ0n) is 12.5. The number of amides is 2. The Hall–Kier alpha value is -2.12. The third-order valence-corrected chi connectivity index (χ3v) is 3.43.